The summed E-state index contributed by atoms with van der Waals surface area (Å²) >= 11 is 6.39. The van der Waals surface area contributed by atoms with Crippen molar-refractivity contribution in [2.75, 3.05) is 81.6 Å². The highest BCUT2D eigenvalue weighted by Crippen LogP contribution is 2.30. The average molecular weight is 918 g/mol. The van der Waals surface area contributed by atoms with Crippen molar-refractivity contribution in [3.05, 3.63) is 100 Å². The van der Waals surface area contributed by atoms with E-state index in [0.29, 0.717) is 85.8 Å². The Kier molecular flexibility index (Phi) is 16.8. The van der Waals surface area contributed by atoms with Crippen molar-refractivity contribution >= 4 is 70.1 Å². The molecule has 346 valence electrons. The number of hydrogen-bond donors (Lipinski definition) is 6. The first-order valence-corrected chi connectivity index (χ1v) is 22.9. The van der Waals surface area contributed by atoms with Gasteiger partial charge in [0.2, 0.25) is 17.8 Å². The van der Waals surface area contributed by atoms with Gasteiger partial charge in [-0.1, -0.05) is 41.6 Å². The molecule has 17 nitrogen and oxygen atoms in total. The molecule has 0 radical (unpaired) electrons. The number of piperidine rings is 1. The monoisotopic (exact) mass is 917 g/mol. The maximum Gasteiger partial charge on any atom is 0.317 e. The number of anilines is 5. The van der Waals surface area contributed by atoms with Gasteiger partial charge in [0.15, 0.2) is 5.82 Å². The molecule has 18 heteroatoms. The zero-order valence-corrected chi connectivity index (χ0v) is 37.8. The number of halogens is 1. The fourth-order valence-electron chi connectivity index (χ4n) is 7.95. The van der Waals surface area contributed by atoms with Gasteiger partial charge >= 0.3 is 6.03 Å². The van der Waals surface area contributed by atoms with Crippen molar-refractivity contribution in [2.24, 2.45) is 0 Å². The second-order valence-electron chi connectivity index (χ2n) is 16.1. The summed E-state index contributed by atoms with van der Waals surface area (Å²) < 4.78 is 5.81. The molecule has 1 atom stereocenters. The van der Waals surface area contributed by atoms with Crippen molar-refractivity contribution in [3.8, 4) is 11.8 Å². The molecule has 2 fully saturated rings. The molecule has 0 spiro atoms. The second-order valence-corrected chi connectivity index (χ2v) is 16.5. The number of imide groups is 1. The van der Waals surface area contributed by atoms with Crippen LogP contribution in [0.25, 0.3) is 0 Å². The quantitative estimate of drug-likeness (QED) is 0.0410. The number of unbranched alkanes of at least 4 members (excludes halogenated alkanes) is 2. The zero-order valence-electron chi connectivity index (χ0n) is 37.1. The predicted octanol–water partition coefficient (Wildman–Crippen LogP) is 5.18. The van der Waals surface area contributed by atoms with Crippen molar-refractivity contribution in [2.45, 2.75) is 57.5 Å². The van der Waals surface area contributed by atoms with E-state index in [1.807, 2.05) is 47.4 Å². The van der Waals surface area contributed by atoms with Crippen molar-refractivity contribution in [1.82, 2.24) is 41.0 Å². The van der Waals surface area contributed by atoms with Crippen molar-refractivity contribution < 1.29 is 28.7 Å². The Balaban J connectivity index is 0.705. The van der Waals surface area contributed by atoms with Crippen LogP contribution in [0, 0.1) is 11.8 Å². The van der Waals surface area contributed by atoms with Gasteiger partial charge in [0, 0.05) is 101 Å². The van der Waals surface area contributed by atoms with Crippen LogP contribution < -0.4 is 36.8 Å². The molecule has 2 saturated heterocycles. The summed E-state index contributed by atoms with van der Waals surface area (Å²) in [5, 5.41) is 18.1. The van der Waals surface area contributed by atoms with Crippen LogP contribution in [-0.2, 0) is 20.9 Å². The molecule has 3 aliphatic rings. The van der Waals surface area contributed by atoms with E-state index >= 15 is 0 Å². The minimum absolute atomic E-state index is 0.0408. The Morgan fingerprint density at radius 3 is 2.44 bits per heavy atom. The number of fused-ring (bicyclic) bond motifs is 1. The number of benzene rings is 3. The number of nitrogens with one attached hydrogen (secondary N) is 6. The van der Waals surface area contributed by atoms with Gasteiger partial charge in [0.1, 0.15) is 11.1 Å². The minimum atomic E-state index is -0.642. The number of para-hydroxylation sites is 1. The Hall–Kier alpha value is -6.74. The summed E-state index contributed by atoms with van der Waals surface area (Å²) in [6.45, 7) is 6.59. The van der Waals surface area contributed by atoms with Crippen LogP contribution >= 0.6 is 11.6 Å². The van der Waals surface area contributed by atoms with E-state index in [9.17, 15) is 24.0 Å². The van der Waals surface area contributed by atoms with Gasteiger partial charge < -0.3 is 46.0 Å². The van der Waals surface area contributed by atoms with Crippen LogP contribution in [0.1, 0.15) is 76.8 Å². The lowest BCUT2D eigenvalue weighted by atomic mass is 10.0. The smallest absolute Gasteiger partial charge is 0.317 e. The summed E-state index contributed by atoms with van der Waals surface area (Å²) in [5.74, 6) is 5.97. The molecule has 3 aliphatic heterocycles. The Bertz CT molecular complexity index is 2430. The van der Waals surface area contributed by atoms with Gasteiger partial charge in [-0.2, -0.15) is 4.98 Å². The maximum atomic E-state index is 13.0. The number of nitrogens with zero attached hydrogens (tertiary/aromatic N) is 5. The summed E-state index contributed by atoms with van der Waals surface area (Å²) in [5.41, 5.74) is 5.08. The number of rotatable bonds is 19. The molecular formula is C48H56ClN11O6. The molecule has 0 saturated carbocycles. The zero-order chi connectivity index (χ0) is 46.3. The number of carbonyl (C=O) groups is 5. The highest BCUT2D eigenvalue weighted by atomic mass is 35.5. The van der Waals surface area contributed by atoms with Crippen LogP contribution in [0.3, 0.4) is 0 Å². The molecule has 6 N–H and O–H groups in total. The number of hydrogen-bond acceptors (Lipinski definition) is 12. The summed E-state index contributed by atoms with van der Waals surface area (Å²) in [7, 11) is 1.58. The molecule has 4 aromatic rings. The highest BCUT2D eigenvalue weighted by Gasteiger charge is 2.39. The van der Waals surface area contributed by atoms with Gasteiger partial charge in [-0.3, -0.25) is 24.5 Å². The van der Waals surface area contributed by atoms with E-state index < -0.39 is 11.9 Å². The molecule has 1 unspecified atom stereocenters. The molecule has 0 bridgehead atoms. The lowest BCUT2D eigenvalue weighted by molar-refractivity contribution is -0.136. The third kappa shape index (κ3) is 12.5. The fraction of sp³-hybridized carbons (Fsp3) is 0.396. The van der Waals surface area contributed by atoms with Crippen LogP contribution in [-0.4, -0.2) is 122 Å². The second kappa shape index (κ2) is 23.4. The van der Waals surface area contributed by atoms with Crippen LogP contribution in [0.15, 0.2) is 72.9 Å². The molecule has 4 heterocycles. The van der Waals surface area contributed by atoms with Crippen LogP contribution in [0.2, 0.25) is 5.02 Å². The van der Waals surface area contributed by atoms with Gasteiger partial charge in [0.05, 0.1) is 17.4 Å². The van der Waals surface area contributed by atoms with Crippen molar-refractivity contribution in [3.63, 3.8) is 0 Å². The standard InChI is InChI=1S/C48H56ClN11O6/c1-50-44(62)37-13-2-3-15-40(37)55-43-39(49)31-53-47(57-43)54-34-16-18-35(19-17-34)58-25-27-59(28-26-58)48(65)52-24-7-9-30-66-29-8-6-23-51-22-5-4-11-33-12-10-14-36-38(33)32-60(46(36)64)41-20-21-42(61)56-45(41)63/h2-3,10,12-19,31,41,51H,5-9,20-30,32H2,1H3,(H,50,62)(H,52,65)(H,56,61,63)(H2,53,54,55,57). The largest absolute Gasteiger partial charge is 0.381 e. The number of piperazine rings is 1. The first-order chi connectivity index (χ1) is 32.2. The molecule has 1 aromatic heterocycles. The van der Waals surface area contributed by atoms with E-state index in [2.05, 4.69) is 58.6 Å². The van der Waals surface area contributed by atoms with Gasteiger partial charge in [-0.05, 0) is 92.7 Å². The van der Waals surface area contributed by atoms with E-state index in [-0.39, 0.29) is 30.2 Å². The topological polar surface area (TPSA) is 202 Å². The molecule has 3 aromatic carbocycles. The van der Waals surface area contributed by atoms with E-state index in [1.165, 1.54) is 6.20 Å². The fourth-order valence-corrected chi connectivity index (χ4v) is 8.09. The third-order valence-electron chi connectivity index (χ3n) is 11.6. The van der Waals surface area contributed by atoms with E-state index in [4.69, 9.17) is 16.3 Å². The first-order valence-electron chi connectivity index (χ1n) is 22.5. The molecule has 0 aliphatic carbocycles. The predicted molar refractivity (Wildman–Crippen MR) is 253 cm³/mol. The lowest BCUT2D eigenvalue weighted by Crippen LogP contribution is -2.52. The maximum absolute atomic E-state index is 13.0. The number of ether oxygens (including phenoxy) is 1. The molecule has 7 rings (SSSR count). The van der Waals surface area contributed by atoms with Crippen molar-refractivity contribution in [1.29, 1.82) is 0 Å². The molecule has 66 heavy (non-hydrogen) atoms. The van der Waals surface area contributed by atoms with Crippen LogP contribution in [0.4, 0.5) is 33.6 Å². The molecular weight excluding hydrogens is 862 g/mol. The number of carbonyl (C=O) groups excluding carboxylic acids is 5. The van der Waals surface area contributed by atoms with E-state index in [0.717, 1.165) is 74.4 Å². The highest BCUT2D eigenvalue weighted by molar-refractivity contribution is 6.33. The third-order valence-corrected chi connectivity index (χ3v) is 11.8. The van der Waals surface area contributed by atoms with Crippen LogP contribution in [0.5, 0.6) is 0 Å². The summed E-state index contributed by atoms with van der Waals surface area (Å²) in [6.07, 6.45) is 6.38. The number of urea groups is 1. The molecule has 6 amide bonds. The van der Waals surface area contributed by atoms with Gasteiger partial charge in [-0.25, -0.2) is 9.78 Å². The average Bonchev–Trinajstić information content (AvgIpc) is 3.67. The summed E-state index contributed by atoms with van der Waals surface area (Å²) in [6, 6.07) is 19.9. The first kappa shape index (κ1) is 47.2. The SMILES string of the molecule is CNC(=O)c1ccccc1Nc1nc(Nc2ccc(N3CCN(C(=O)NCCCCOCCCCNCCC#Cc4cccc5c4CN(C4CCC(=O)NC4=O)C5=O)CC3)cc2)ncc1Cl. The minimum Gasteiger partial charge on any atom is -0.381 e. The Labute approximate surface area is 389 Å². The van der Waals surface area contributed by atoms with Gasteiger partial charge in [0.25, 0.3) is 11.8 Å². The Morgan fingerprint density at radius 1 is 0.894 bits per heavy atom. The van der Waals surface area contributed by atoms with E-state index in [1.54, 1.807) is 36.2 Å². The van der Waals surface area contributed by atoms with Gasteiger partial charge in [-0.15, -0.1) is 0 Å². The summed E-state index contributed by atoms with van der Waals surface area (Å²) in [4.78, 5) is 76.7. The number of amides is 6. The Morgan fingerprint density at radius 2 is 1.67 bits per heavy atom. The normalized spacial score (nSPS) is 15.7. The number of aromatic nitrogens is 2. The lowest BCUT2D eigenvalue weighted by Gasteiger charge is -2.36.